The molecule has 0 aliphatic carbocycles. The molecular formula is C16H12O. The van der Waals surface area contributed by atoms with Gasteiger partial charge in [-0.05, 0) is 22.8 Å². The summed E-state index contributed by atoms with van der Waals surface area (Å²) < 4.78 is 6.21. The third kappa shape index (κ3) is 1.07. The van der Waals surface area contributed by atoms with Crippen molar-refractivity contribution in [1.82, 2.24) is 0 Å². The summed E-state index contributed by atoms with van der Waals surface area (Å²) in [6.07, 6.45) is 4.48. The zero-order valence-corrected chi connectivity index (χ0v) is 9.34. The lowest BCUT2D eigenvalue weighted by atomic mass is 9.82. The molecule has 2 atom stereocenters. The molecule has 2 bridgehead atoms. The van der Waals surface area contributed by atoms with Crippen molar-refractivity contribution in [2.24, 2.45) is 0 Å². The molecule has 0 aromatic heterocycles. The maximum atomic E-state index is 6.21. The van der Waals surface area contributed by atoms with Gasteiger partial charge in [-0.1, -0.05) is 60.7 Å². The molecule has 1 heteroatoms. The molecule has 0 saturated heterocycles. The van der Waals surface area contributed by atoms with Crippen LogP contribution in [0.25, 0.3) is 0 Å². The average molecular weight is 220 g/mol. The second-order valence-corrected chi connectivity index (χ2v) is 4.59. The van der Waals surface area contributed by atoms with Crippen LogP contribution in [0.1, 0.15) is 22.8 Å². The van der Waals surface area contributed by atoms with Crippen molar-refractivity contribution in [3.63, 3.8) is 0 Å². The van der Waals surface area contributed by atoms with E-state index in [4.69, 9.17) is 4.74 Å². The minimum Gasteiger partial charge on any atom is -0.349 e. The summed E-state index contributed by atoms with van der Waals surface area (Å²) in [6.45, 7) is 0. The van der Waals surface area contributed by atoms with Crippen molar-refractivity contribution in [3.8, 4) is 0 Å². The van der Waals surface area contributed by atoms with Gasteiger partial charge in [0.05, 0.1) is 0 Å². The monoisotopic (exact) mass is 220 g/mol. The standard InChI is InChI=1S/C16H12O/c1-2-6-12(7-3-1)16-11-10-15(17-16)13-8-4-5-9-14(13)16/h1-11,15H/t15-,16-/m1/s1. The summed E-state index contributed by atoms with van der Waals surface area (Å²) in [5.41, 5.74) is 3.46. The van der Waals surface area contributed by atoms with Crippen LogP contribution in [0.15, 0.2) is 66.7 Å². The van der Waals surface area contributed by atoms with Crippen LogP contribution in [0.5, 0.6) is 0 Å². The highest BCUT2D eigenvalue weighted by Crippen LogP contribution is 2.53. The summed E-state index contributed by atoms with van der Waals surface area (Å²) in [4.78, 5) is 0. The summed E-state index contributed by atoms with van der Waals surface area (Å²) in [7, 11) is 0. The fourth-order valence-electron chi connectivity index (χ4n) is 2.91. The smallest absolute Gasteiger partial charge is 0.138 e. The van der Waals surface area contributed by atoms with Crippen LogP contribution in [0, 0.1) is 0 Å². The van der Waals surface area contributed by atoms with Crippen molar-refractivity contribution in [2.45, 2.75) is 11.7 Å². The van der Waals surface area contributed by atoms with Crippen LogP contribution in [-0.2, 0) is 10.3 Å². The predicted octanol–water partition coefficient (Wildman–Crippen LogP) is 3.57. The van der Waals surface area contributed by atoms with Crippen molar-refractivity contribution >= 4 is 0 Å². The number of benzene rings is 2. The van der Waals surface area contributed by atoms with Gasteiger partial charge in [0.2, 0.25) is 0 Å². The minimum atomic E-state index is -0.345. The summed E-state index contributed by atoms with van der Waals surface area (Å²) in [5.74, 6) is 0. The Morgan fingerprint density at radius 2 is 1.65 bits per heavy atom. The summed E-state index contributed by atoms with van der Waals surface area (Å²) >= 11 is 0. The van der Waals surface area contributed by atoms with Crippen LogP contribution in [0.4, 0.5) is 0 Å². The third-order valence-electron chi connectivity index (χ3n) is 3.69. The first-order chi connectivity index (χ1) is 8.40. The first kappa shape index (κ1) is 9.20. The largest absolute Gasteiger partial charge is 0.349 e. The molecule has 4 rings (SSSR count). The highest BCUT2D eigenvalue weighted by atomic mass is 16.5. The molecule has 2 aliphatic heterocycles. The molecule has 2 heterocycles. The van der Waals surface area contributed by atoms with E-state index in [1.165, 1.54) is 16.7 Å². The van der Waals surface area contributed by atoms with E-state index >= 15 is 0 Å². The maximum Gasteiger partial charge on any atom is 0.138 e. The summed E-state index contributed by atoms with van der Waals surface area (Å²) in [5, 5.41) is 0. The predicted molar refractivity (Wildman–Crippen MR) is 66.6 cm³/mol. The normalized spacial score (nSPS) is 28.4. The van der Waals surface area contributed by atoms with Crippen molar-refractivity contribution in [1.29, 1.82) is 0 Å². The Balaban J connectivity index is 1.99. The lowest BCUT2D eigenvalue weighted by Gasteiger charge is -2.24. The van der Waals surface area contributed by atoms with Gasteiger partial charge in [-0.3, -0.25) is 0 Å². The minimum absolute atomic E-state index is 0.131. The van der Waals surface area contributed by atoms with E-state index < -0.39 is 0 Å². The molecular weight excluding hydrogens is 208 g/mol. The van der Waals surface area contributed by atoms with Gasteiger partial charge in [0.1, 0.15) is 11.7 Å². The first-order valence-corrected chi connectivity index (χ1v) is 5.92. The molecule has 0 amide bonds. The van der Waals surface area contributed by atoms with Gasteiger partial charge in [-0.2, -0.15) is 0 Å². The molecule has 0 radical (unpaired) electrons. The van der Waals surface area contributed by atoms with Gasteiger partial charge in [0, 0.05) is 0 Å². The molecule has 2 aliphatic rings. The number of rotatable bonds is 1. The first-order valence-electron chi connectivity index (χ1n) is 5.92. The molecule has 1 nitrogen and oxygen atoms in total. The van der Waals surface area contributed by atoms with E-state index in [9.17, 15) is 0 Å². The lowest BCUT2D eigenvalue weighted by Crippen LogP contribution is -2.22. The van der Waals surface area contributed by atoms with E-state index in [1.807, 2.05) is 6.07 Å². The van der Waals surface area contributed by atoms with Gasteiger partial charge in [0.15, 0.2) is 0 Å². The third-order valence-corrected chi connectivity index (χ3v) is 3.69. The van der Waals surface area contributed by atoms with Gasteiger partial charge >= 0.3 is 0 Å². The number of fused-ring (bicyclic) bond motifs is 5. The lowest BCUT2D eigenvalue weighted by molar-refractivity contribution is 0.0270. The van der Waals surface area contributed by atoms with E-state index in [0.717, 1.165) is 0 Å². The fraction of sp³-hybridized carbons (Fsp3) is 0.125. The van der Waals surface area contributed by atoms with Crippen LogP contribution < -0.4 is 0 Å². The fourth-order valence-corrected chi connectivity index (χ4v) is 2.91. The van der Waals surface area contributed by atoms with Gasteiger partial charge < -0.3 is 4.74 Å². The molecule has 2 aromatic rings. The number of hydrogen-bond acceptors (Lipinski definition) is 1. The van der Waals surface area contributed by atoms with Crippen LogP contribution in [-0.4, -0.2) is 0 Å². The highest BCUT2D eigenvalue weighted by Gasteiger charge is 2.47. The zero-order chi connectivity index (χ0) is 11.3. The SMILES string of the molecule is C1=C[C@]2(c3ccccc3)O[C@H]1c1ccccc12. The maximum absolute atomic E-state index is 6.21. The molecule has 0 saturated carbocycles. The Labute approximate surface area is 100 Å². The molecule has 0 unspecified atom stereocenters. The van der Waals surface area contributed by atoms with E-state index in [2.05, 4.69) is 60.7 Å². The van der Waals surface area contributed by atoms with Crippen molar-refractivity contribution in [2.75, 3.05) is 0 Å². The van der Waals surface area contributed by atoms with Crippen molar-refractivity contribution in [3.05, 3.63) is 83.4 Å². The van der Waals surface area contributed by atoms with E-state index in [-0.39, 0.29) is 11.7 Å². The topological polar surface area (TPSA) is 9.23 Å². The van der Waals surface area contributed by atoms with Crippen molar-refractivity contribution < 1.29 is 4.74 Å². The molecule has 2 aromatic carbocycles. The quantitative estimate of drug-likeness (QED) is 0.667. The van der Waals surface area contributed by atoms with Crippen LogP contribution in [0.2, 0.25) is 0 Å². The second-order valence-electron chi connectivity index (χ2n) is 4.59. The van der Waals surface area contributed by atoms with Crippen LogP contribution in [0.3, 0.4) is 0 Å². The molecule has 17 heavy (non-hydrogen) atoms. The average Bonchev–Trinajstić information content (AvgIpc) is 2.98. The Kier molecular flexibility index (Phi) is 1.67. The van der Waals surface area contributed by atoms with E-state index in [0.29, 0.717) is 0 Å². The Hall–Kier alpha value is -1.86. The van der Waals surface area contributed by atoms with Gasteiger partial charge in [-0.15, -0.1) is 0 Å². The second kappa shape index (κ2) is 3.08. The molecule has 0 N–H and O–H groups in total. The number of hydrogen-bond donors (Lipinski definition) is 0. The molecule has 0 spiro atoms. The Bertz CT molecular complexity index is 600. The summed E-state index contributed by atoms with van der Waals surface area (Å²) in [6, 6.07) is 18.9. The Morgan fingerprint density at radius 3 is 2.53 bits per heavy atom. The zero-order valence-electron chi connectivity index (χ0n) is 9.34. The molecule has 0 fully saturated rings. The molecule has 82 valence electrons. The van der Waals surface area contributed by atoms with E-state index in [1.54, 1.807) is 0 Å². The highest BCUT2D eigenvalue weighted by molar-refractivity contribution is 5.54. The Morgan fingerprint density at radius 1 is 0.882 bits per heavy atom. The number of ether oxygens (including phenoxy) is 1. The van der Waals surface area contributed by atoms with Gasteiger partial charge in [-0.25, -0.2) is 0 Å². The van der Waals surface area contributed by atoms with Crippen LogP contribution >= 0.6 is 0 Å². The van der Waals surface area contributed by atoms with Gasteiger partial charge in [0.25, 0.3) is 0 Å².